The van der Waals surface area contributed by atoms with Crippen LogP contribution in [0.25, 0.3) is 0 Å². The molecule has 126 valence electrons. The highest BCUT2D eigenvalue weighted by atomic mass is 16.6. The molecule has 0 saturated carbocycles. The molecule has 1 aromatic rings. The van der Waals surface area contributed by atoms with Gasteiger partial charge in [0.25, 0.3) is 0 Å². The number of carbonyl (C=O) groups excluding carboxylic acids is 2. The van der Waals surface area contributed by atoms with Gasteiger partial charge in [0.15, 0.2) is 0 Å². The lowest BCUT2D eigenvalue weighted by molar-refractivity contribution is -0.114. The van der Waals surface area contributed by atoms with Gasteiger partial charge < -0.3 is 15.0 Å². The fourth-order valence-corrected chi connectivity index (χ4v) is 2.76. The SMILES string of the molecule is CC(=O)Nc1ccc(C2CCN(C(=O)OC(C)(C)C)CC2)cc1. The lowest BCUT2D eigenvalue weighted by atomic mass is 9.89. The highest BCUT2D eigenvalue weighted by Gasteiger charge is 2.27. The van der Waals surface area contributed by atoms with Crippen LogP contribution < -0.4 is 5.32 Å². The molecule has 5 heteroatoms. The van der Waals surface area contributed by atoms with Crippen LogP contribution >= 0.6 is 0 Å². The summed E-state index contributed by atoms with van der Waals surface area (Å²) in [6.07, 6.45) is 1.63. The van der Waals surface area contributed by atoms with Gasteiger partial charge in [-0.1, -0.05) is 12.1 Å². The minimum Gasteiger partial charge on any atom is -0.444 e. The third kappa shape index (κ3) is 5.27. The Bertz CT molecular complexity index is 553. The third-order valence-corrected chi connectivity index (χ3v) is 3.85. The Labute approximate surface area is 138 Å². The van der Waals surface area contributed by atoms with E-state index < -0.39 is 5.60 Å². The van der Waals surface area contributed by atoms with Crippen molar-refractivity contribution in [3.8, 4) is 0 Å². The molecule has 1 heterocycles. The molecule has 2 rings (SSSR count). The van der Waals surface area contributed by atoms with Gasteiger partial charge in [-0.15, -0.1) is 0 Å². The topological polar surface area (TPSA) is 58.6 Å². The Morgan fingerprint density at radius 2 is 1.70 bits per heavy atom. The molecule has 5 nitrogen and oxygen atoms in total. The summed E-state index contributed by atoms with van der Waals surface area (Å²) in [6, 6.07) is 7.96. The summed E-state index contributed by atoms with van der Waals surface area (Å²) in [6.45, 7) is 8.58. The second-order valence-corrected chi connectivity index (χ2v) is 7.04. The maximum atomic E-state index is 12.1. The summed E-state index contributed by atoms with van der Waals surface area (Å²) in [5.41, 5.74) is 1.61. The molecule has 1 saturated heterocycles. The third-order valence-electron chi connectivity index (χ3n) is 3.85. The second-order valence-electron chi connectivity index (χ2n) is 7.04. The highest BCUT2D eigenvalue weighted by Crippen LogP contribution is 2.29. The summed E-state index contributed by atoms with van der Waals surface area (Å²) in [4.78, 5) is 24.9. The maximum absolute atomic E-state index is 12.1. The van der Waals surface area contributed by atoms with Crippen molar-refractivity contribution in [2.75, 3.05) is 18.4 Å². The Kier molecular flexibility index (Phi) is 5.29. The van der Waals surface area contributed by atoms with Gasteiger partial charge >= 0.3 is 6.09 Å². The van der Waals surface area contributed by atoms with Crippen LogP contribution in [-0.4, -0.2) is 35.6 Å². The number of piperidine rings is 1. The van der Waals surface area contributed by atoms with Gasteiger partial charge in [-0.05, 0) is 57.2 Å². The standard InChI is InChI=1S/C18H26N2O3/c1-13(21)19-16-7-5-14(6-8-16)15-9-11-20(12-10-15)17(22)23-18(2,3)4/h5-8,15H,9-12H2,1-4H3,(H,19,21). The fourth-order valence-electron chi connectivity index (χ4n) is 2.76. The van der Waals surface area contributed by atoms with Crippen LogP contribution in [0, 0.1) is 0 Å². The zero-order chi connectivity index (χ0) is 17.0. The average molecular weight is 318 g/mol. The molecule has 0 atom stereocenters. The molecule has 0 bridgehead atoms. The Hall–Kier alpha value is -2.04. The number of carbonyl (C=O) groups is 2. The minimum atomic E-state index is -0.451. The van der Waals surface area contributed by atoms with Crippen molar-refractivity contribution in [2.24, 2.45) is 0 Å². The van der Waals surface area contributed by atoms with Crippen LogP contribution in [0.5, 0.6) is 0 Å². The van der Waals surface area contributed by atoms with Gasteiger partial charge in [0.2, 0.25) is 5.91 Å². The van der Waals surface area contributed by atoms with E-state index in [1.54, 1.807) is 4.90 Å². The van der Waals surface area contributed by atoms with E-state index in [-0.39, 0.29) is 12.0 Å². The summed E-state index contributed by atoms with van der Waals surface area (Å²) in [5.74, 6) is 0.378. The molecular weight excluding hydrogens is 292 g/mol. The quantitative estimate of drug-likeness (QED) is 0.903. The summed E-state index contributed by atoms with van der Waals surface area (Å²) < 4.78 is 5.42. The smallest absolute Gasteiger partial charge is 0.410 e. The number of likely N-dealkylation sites (tertiary alicyclic amines) is 1. The molecular formula is C18H26N2O3. The van der Waals surface area contributed by atoms with Crippen LogP contribution in [-0.2, 0) is 9.53 Å². The Morgan fingerprint density at radius 3 is 2.17 bits per heavy atom. The molecule has 2 amide bonds. The van der Waals surface area contributed by atoms with E-state index >= 15 is 0 Å². The molecule has 0 radical (unpaired) electrons. The van der Waals surface area contributed by atoms with Gasteiger partial charge in [0.05, 0.1) is 0 Å². The lowest BCUT2D eigenvalue weighted by Crippen LogP contribution is -2.41. The Balaban J connectivity index is 1.89. The molecule has 1 fully saturated rings. The number of nitrogens with one attached hydrogen (secondary N) is 1. The first kappa shape index (κ1) is 17.3. The van der Waals surface area contributed by atoms with E-state index in [2.05, 4.69) is 17.4 Å². The molecule has 1 aliphatic heterocycles. The lowest BCUT2D eigenvalue weighted by Gasteiger charge is -2.33. The normalized spacial score (nSPS) is 16.1. The number of anilines is 1. The number of hydrogen-bond donors (Lipinski definition) is 1. The summed E-state index contributed by atoms with van der Waals surface area (Å²) in [5, 5.41) is 2.77. The van der Waals surface area contributed by atoms with Crippen molar-refractivity contribution in [2.45, 2.75) is 52.1 Å². The maximum Gasteiger partial charge on any atom is 0.410 e. The van der Waals surface area contributed by atoms with E-state index in [4.69, 9.17) is 4.74 Å². The van der Waals surface area contributed by atoms with Crippen LogP contribution in [0.1, 0.15) is 52.0 Å². The molecule has 1 aliphatic rings. The van der Waals surface area contributed by atoms with Crippen LogP contribution in [0.15, 0.2) is 24.3 Å². The van der Waals surface area contributed by atoms with Gasteiger partial charge in [0.1, 0.15) is 5.60 Å². The number of nitrogens with zero attached hydrogens (tertiary/aromatic N) is 1. The van der Waals surface area contributed by atoms with Crippen LogP contribution in [0.3, 0.4) is 0 Å². The molecule has 0 aliphatic carbocycles. The van der Waals surface area contributed by atoms with E-state index in [0.717, 1.165) is 18.5 Å². The van der Waals surface area contributed by atoms with Crippen molar-refractivity contribution >= 4 is 17.7 Å². The zero-order valence-electron chi connectivity index (χ0n) is 14.4. The number of amides is 2. The van der Waals surface area contributed by atoms with Gasteiger partial charge in [-0.2, -0.15) is 0 Å². The van der Waals surface area contributed by atoms with Crippen molar-refractivity contribution in [3.63, 3.8) is 0 Å². The van der Waals surface area contributed by atoms with Crippen LogP contribution in [0.2, 0.25) is 0 Å². The highest BCUT2D eigenvalue weighted by molar-refractivity contribution is 5.88. The van der Waals surface area contributed by atoms with E-state index in [1.807, 2.05) is 32.9 Å². The molecule has 0 spiro atoms. The van der Waals surface area contributed by atoms with Crippen molar-refractivity contribution < 1.29 is 14.3 Å². The predicted octanol–water partition coefficient (Wildman–Crippen LogP) is 3.76. The van der Waals surface area contributed by atoms with E-state index in [9.17, 15) is 9.59 Å². The molecule has 1 aromatic carbocycles. The van der Waals surface area contributed by atoms with Gasteiger partial charge in [-0.25, -0.2) is 4.79 Å². The van der Waals surface area contributed by atoms with E-state index in [1.165, 1.54) is 12.5 Å². The molecule has 0 aromatic heterocycles. The molecule has 1 N–H and O–H groups in total. The van der Waals surface area contributed by atoms with Gasteiger partial charge in [-0.3, -0.25) is 4.79 Å². The monoisotopic (exact) mass is 318 g/mol. The first-order valence-corrected chi connectivity index (χ1v) is 8.10. The van der Waals surface area contributed by atoms with Crippen molar-refractivity contribution in [3.05, 3.63) is 29.8 Å². The minimum absolute atomic E-state index is 0.0663. The average Bonchev–Trinajstić information content (AvgIpc) is 2.46. The first-order valence-electron chi connectivity index (χ1n) is 8.10. The number of ether oxygens (including phenoxy) is 1. The second kappa shape index (κ2) is 7.02. The molecule has 0 unspecified atom stereocenters. The predicted molar refractivity (Wildman–Crippen MR) is 90.5 cm³/mol. The summed E-state index contributed by atoms with van der Waals surface area (Å²) >= 11 is 0. The van der Waals surface area contributed by atoms with Crippen molar-refractivity contribution in [1.82, 2.24) is 4.90 Å². The molecule has 23 heavy (non-hydrogen) atoms. The summed E-state index contributed by atoms with van der Waals surface area (Å²) in [7, 11) is 0. The first-order chi connectivity index (χ1) is 10.7. The fraction of sp³-hybridized carbons (Fsp3) is 0.556. The van der Waals surface area contributed by atoms with E-state index in [0.29, 0.717) is 19.0 Å². The number of benzene rings is 1. The van der Waals surface area contributed by atoms with Gasteiger partial charge in [0, 0.05) is 25.7 Å². The zero-order valence-corrected chi connectivity index (χ0v) is 14.4. The Morgan fingerprint density at radius 1 is 1.13 bits per heavy atom. The van der Waals surface area contributed by atoms with Crippen molar-refractivity contribution in [1.29, 1.82) is 0 Å². The number of rotatable bonds is 2. The largest absolute Gasteiger partial charge is 0.444 e. The van der Waals surface area contributed by atoms with Crippen LogP contribution in [0.4, 0.5) is 10.5 Å². The number of hydrogen-bond acceptors (Lipinski definition) is 3.